The molecule has 5 rings (SSSR count). The average Bonchev–Trinajstić information content (AvgIpc) is 3.41. The zero-order valence-electron chi connectivity index (χ0n) is 18.5. The van der Waals surface area contributed by atoms with Crippen LogP contribution in [0.25, 0.3) is 38.9 Å². The van der Waals surface area contributed by atoms with Gasteiger partial charge in [0.15, 0.2) is 11.6 Å². The summed E-state index contributed by atoms with van der Waals surface area (Å²) in [6.45, 7) is 2.73. The normalized spacial score (nSPS) is 11.4. The predicted octanol–water partition coefficient (Wildman–Crippen LogP) is 3.31. The van der Waals surface area contributed by atoms with Crippen molar-refractivity contribution in [2.24, 2.45) is 7.05 Å². The van der Waals surface area contributed by atoms with Crippen molar-refractivity contribution in [2.45, 2.75) is 13.5 Å². The van der Waals surface area contributed by atoms with Crippen LogP contribution in [-0.4, -0.2) is 43.1 Å². The van der Waals surface area contributed by atoms with Crippen LogP contribution in [0, 0.1) is 5.82 Å². The molecule has 33 heavy (non-hydrogen) atoms. The van der Waals surface area contributed by atoms with Gasteiger partial charge < -0.3 is 9.47 Å². The van der Waals surface area contributed by atoms with Gasteiger partial charge in [-0.05, 0) is 13.0 Å². The number of halogens is 1. The quantitative estimate of drug-likeness (QED) is 0.410. The summed E-state index contributed by atoms with van der Waals surface area (Å²) in [5.74, 6) is 0.0848. The summed E-state index contributed by atoms with van der Waals surface area (Å²) in [5, 5.41) is 5.01. The number of pyridine rings is 2. The number of methoxy groups -OCH3 is 2. The summed E-state index contributed by atoms with van der Waals surface area (Å²) in [7, 11) is 4.63. The van der Waals surface area contributed by atoms with E-state index in [9.17, 15) is 9.18 Å². The van der Waals surface area contributed by atoms with Crippen LogP contribution in [0.3, 0.4) is 0 Å². The number of hydrogen-bond acceptors (Lipinski definition) is 6. The minimum absolute atomic E-state index is 0.116. The van der Waals surface area contributed by atoms with Crippen molar-refractivity contribution in [3.8, 4) is 28.4 Å². The number of imidazole rings is 1. The van der Waals surface area contributed by atoms with Gasteiger partial charge in [0.05, 0.1) is 49.4 Å². The molecule has 0 N–H and O–H groups in total. The highest BCUT2D eigenvalue weighted by Crippen LogP contribution is 2.36. The summed E-state index contributed by atoms with van der Waals surface area (Å²) in [4.78, 5) is 21.9. The lowest BCUT2D eigenvalue weighted by molar-refractivity contribution is 0.408. The van der Waals surface area contributed by atoms with Crippen LogP contribution < -0.4 is 15.2 Å². The Morgan fingerprint density at radius 1 is 1.06 bits per heavy atom. The second-order valence-electron chi connectivity index (χ2n) is 7.50. The van der Waals surface area contributed by atoms with Crippen LogP contribution in [0.15, 0.2) is 47.8 Å². The number of rotatable bonds is 5. The van der Waals surface area contributed by atoms with Gasteiger partial charge in [-0.2, -0.15) is 5.10 Å². The van der Waals surface area contributed by atoms with E-state index >= 15 is 0 Å². The Morgan fingerprint density at radius 2 is 1.88 bits per heavy atom. The van der Waals surface area contributed by atoms with E-state index in [-0.39, 0.29) is 11.6 Å². The summed E-state index contributed by atoms with van der Waals surface area (Å²) in [6, 6.07) is 4.88. The molecule has 0 spiro atoms. The predicted molar refractivity (Wildman–Crippen MR) is 122 cm³/mol. The molecule has 0 bridgehead atoms. The first kappa shape index (κ1) is 20.7. The number of hydrogen-bond donors (Lipinski definition) is 0. The van der Waals surface area contributed by atoms with Gasteiger partial charge in [-0.1, -0.05) is 0 Å². The highest BCUT2D eigenvalue weighted by molar-refractivity contribution is 6.05. The Morgan fingerprint density at radius 3 is 2.55 bits per heavy atom. The first-order valence-corrected chi connectivity index (χ1v) is 10.3. The van der Waals surface area contributed by atoms with Crippen molar-refractivity contribution in [3.63, 3.8) is 0 Å². The fourth-order valence-electron chi connectivity index (χ4n) is 3.98. The van der Waals surface area contributed by atoms with Crippen molar-refractivity contribution in [2.75, 3.05) is 14.2 Å². The van der Waals surface area contributed by atoms with E-state index in [1.807, 2.05) is 23.9 Å². The number of aromatic nitrogens is 6. The largest absolute Gasteiger partial charge is 0.496 e. The van der Waals surface area contributed by atoms with Gasteiger partial charge in [-0.15, -0.1) is 0 Å². The SMILES string of the molecule is CCn1cc(-c2cc3c(cc2OC)ncc2c3n(-c3ncc(OC)cc3F)c(=O)n2C)cn1. The molecule has 0 aliphatic heterocycles. The van der Waals surface area contributed by atoms with Crippen LogP contribution in [-0.2, 0) is 13.6 Å². The topological polar surface area (TPSA) is 89.0 Å². The minimum atomic E-state index is -0.674. The molecule has 0 saturated heterocycles. The number of ether oxygens (including phenoxy) is 2. The van der Waals surface area contributed by atoms with E-state index in [1.165, 1.54) is 28.5 Å². The molecule has 0 aliphatic carbocycles. The minimum Gasteiger partial charge on any atom is -0.496 e. The fourth-order valence-corrected chi connectivity index (χ4v) is 3.98. The third kappa shape index (κ3) is 3.13. The van der Waals surface area contributed by atoms with Crippen molar-refractivity contribution in [1.29, 1.82) is 0 Å². The molecule has 0 amide bonds. The van der Waals surface area contributed by atoms with Gasteiger partial charge in [0.25, 0.3) is 0 Å². The molecule has 0 atom stereocenters. The molecule has 5 aromatic rings. The number of benzene rings is 1. The lowest BCUT2D eigenvalue weighted by atomic mass is 10.0. The fraction of sp³-hybridized carbons (Fsp3) is 0.217. The van der Waals surface area contributed by atoms with E-state index in [2.05, 4.69) is 15.1 Å². The van der Waals surface area contributed by atoms with Crippen molar-refractivity contribution in [1.82, 2.24) is 28.9 Å². The Labute approximate surface area is 187 Å². The van der Waals surface area contributed by atoms with Crippen LogP contribution in [0.2, 0.25) is 0 Å². The molecule has 168 valence electrons. The number of fused-ring (bicyclic) bond motifs is 3. The van der Waals surface area contributed by atoms with Gasteiger partial charge in [0.2, 0.25) is 0 Å². The Hall–Kier alpha value is -4.21. The van der Waals surface area contributed by atoms with Crippen LogP contribution in [0.1, 0.15) is 6.92 Å². The molecule has 1 aromatic carbocycles. The summed E-state index contributed by atoms with van der Waals surface area (Å²) >= 11 is 0. The molecule has 0 radical (unpaired) electrons. The molecule has 9 nitrogen and oxygen atoms in total. The second-order valence-corrected chi connectivity index (χ2v) is 7.50. The Balaban J connectivity index is 1.88. The maximum Gasteiger partial charge on any atom is 0.334 e. The van der Waals surface area contributed by atoms with Gasteiger partial charge >= 0.3 is 5.69 Å². The van der Waals surface area contributed by atoms with E-state index < -0.39 is 11.5 Å². The monoisotopic (exact) mass is 448 g/mol. The summed E-state index contributed by atoms with van der Waals surface area (Å²) in [5.41, 5.74) is 2.84. The molecular formula is C23H21FN6O3. The first-order chi connectivity index (χ1) is 16.0. The smallest absolute Gasteiger partial charge is 0.334 e. The van der Waals surface area contributed by atoms with E-state index in [4.69, 9.17) is 9.47 Å². The lowest BCUT2D eigenvalue weighted by Crippen LogP contribution is -2.22. The van der Waals surface area contributed by atoms with Crippen molar-refractivity contribution >= 4 is 21.9 Å². The van der Waals surface area contributed by atoms with Gasteiger partial charge in [0, 0.05) is 48.4 Å². The highest BCUT2D eigenvalue weighted by Gasteiger charge is 2.21. The van der Waals surface area contributed by atoms with E-state index in [1.54, 1.807) is 32.6 Å². The summed E-state index contributed by atoms with van der Waals surface area (Å²) < 4.78 is 30.2. The summed E-state index contributed by atoms with van der Waals surface area (Å²) in [6.07, 6.45) is 6.63. The molecule has 0 fully saturated rings. The maximum atomic E-state index is 15.0. The molecule has 4 heterocycles. The number of nitrogens with zero attached hydrogens (tertiary/aromatic N) is 6. The zero-order valence-corrected chi connectivity index (χ0v) is 18.5. The molecule has 0 saturated carbocycles. The molecule has 4 aromatic heterocycles. The Bertz CT molecular complexity index is 1580. The molecular weight excluding hydrogens is 427 g/mol. The van der Waals surface area contributed by atoms with Gasteiger partial charge in [0.1, 0.15) is 11.5 Å². The first-order valence-electron chi connectivity index (χ1n) is 10.3. The van der Waals surface area contributed by atoms with Gasteiger partial charge in [-0.25, -0.2) is 18.7 Å². The molecule has 10 heteroatoms. The standard InChI is InChI=1S/C23H21FN6O3/c1-5-29-12-13(9-27-29)15-7-16-18(8-20(15)33-4)25-11-19-21(16)30(23(31)28(19)2)22-17(24)6-14(32-3)10-26-22/h6-12H,5H2,1-4H3. The third-order valence-electron chi connectivity index (χ3n) is 5.72. The lowest BCUT2D eigenvalue weighted by Gasteiger charge is -2.11. The van der Waals surface area contributed by atoms with Crippen LogP contribution >= 0.6 is 0 Å². The van der Waals surface area contributed by atoms with Crippen molar-refractivity contribution < 1.29 is 13.9 Å². The average molecular weight is 448 g/mol. The van der Waals surface area contributed by atoms with Crippen LogP contribution in [0.4, 0.5) is 4.39 Å². The number of aryl methyl sites for hydroxylation is 2. The third-order valence-corrected chi connectivity index (χ3v) is 5.72. The van der Waals surface area contributed by atoms with E-state index in [0.29, 0.717) is 27.7 Å². The second kappa shape index (κ2) is 7.73. The highest BCUT2D eigenvalue weighted by atomic mass is 19.1. The molecule has 0 unspecified atom stereocenters. The van der Waals surface area contributed by atoms with Gasteiger partial charge in [-0.3, -0.25) is 14.2 Å². The zero-order chi connectivity index (χ0) is 23.3. The molecule has 0 aliphatic rings. The van der Waals surface area contributed by atoms with E-state index in [0.717, 1.165) is 17.7 Å². The van der Waals surface area contributed by atoms with Crippen LogP contribution in [0.5, 0.6) is 11.5 Å². The maximum absolute atomic E-state index is 15.0. The Kier molecular flexibility index (Phi) is 4.85. The van der Waals surface area contributed by atoms with Crippen molar-refractivity contribution in [3.05, 3.63) is 59.3 Å².